The lowest BCUT2D eigenvalue weighted by atomic mass is 9.82. The molecule has 52 heavy (non-hydrogen) atoms. The molecule has 0 saturated carbocycles. The number of para-hydroxylation sites is 1. The van der Waals surface area contributed by atoms with Crippen molar-refractivity contribution in [1.82, 2.24) is 4.98 Å². The van der Waals surface area contributed by atoms with Gasteiger partial charge in [-0.1, -0.05) is 153 Å². The van der Waals surface area contributed by atoms with Crippen LogP contribution in [0.4, 0.5) is 11.4 Å². The zero-order valence-electron chi connectivity index (χ0n) is 29.4. The van der Waals surface area contributed by atoms with Gasteiger partial charge >= 0.3 is 0 Å². The first-order valence-corrected chi connectivity index (χ1v) is 18.2. The number of rotatable bonds is 6. The number of anilines is 2. The zero-order valence-corrected chi connectivity index (χ0v) is 29.4. The number of hydrogen-bond acceptors (Lipinski definition) is 1. The molecule has 248 valence electrons. The molecule has 8 aromatic carbocycles. The van der Waals surface area contributed by atoms with E-state index >= 15 is 0 Å². The average molecular weight is 667 g/mol. The lowest BCUT2D eigenvalue weighted by Gasteiger charge is -2.29. The molecular formula is C50H38N2. The van der Waals surface area contributed by atoms with Gasteiger partial charge in [-0.3, -0.25) is 0 Å². The minimum absolute atomic E-state index is 0.0553. The topological polar surface area (TPSA) is 19.0 Å². The van der Waals surface area contributed by atoms with Crippen LogP contribution >= 0.6 is 0 Å². The first-order chi connectivity index (χ1) is 25.5. The summed E-state index contributed by atoms with van der Waals surface area (Å²) in [6.07, 6.45) is 0. The van der Waals surface area contributed by atoms with Crippen LogP contribution in [0.1, 0.15) is 30.5 Å². The number of nitrogens with one attached hydrogen (secondary N) is 1. The maximum atomic E-state index is 3.59. The fourth-order valence-electron chi connectivity index (χ4n) is 8.62. The third-order valence-corrected chi connectivity index (χ3v) is 11.3. The summed E-state index contributed by atoms with van der Waals surface area (Å²) in [4.78, 5) is 6.11. The molecule has 0 spiro atoms. The fraction of sp³-hybridized carbons (Fsp3) is 0.0800. The van der Waals surface area contributed by atoms with Crippen molar-refractivity contribution in [2.75, 3.05) is 4.90 Å². The summed E-state index contributed by atoms with van der Waals surface area (Å²) in [5.41, 5.74) is 16.3. The van der Waals surface area contributed by atoms with Crippen LogP contribution in [0.25, 0.3) is 66.0 Å². The van der Waals surface area contributed by atoms with Crippen molar-refractivity contribution in [2.45, 2.75) is 25.8 Å². The molecule has 1 heterocycles. The zero-order chi connectivity index (χ0) is 34.8. The van der Waals surface area contributed by atoms with E-state index in [0.29, 0.717) is 0 Å². The van der Waals surface area contributed by atoms with E-state index in [1.165, 1.54) is 88.5 Å². The summed E-state index contributed by atoms with van der Waals surface area (Å²) < 4.78 is 0. The summed E-state index contributed by atoms with van der Waals surface area (Å²) in [7, 11) is 0. The van der Waals surface area contributed by atoms with Crippen LogP contribution in [-0.4, -0.2) is 4.98 Å². The Morgan fingerprint density at radius 2 is 1.13 bits per heavy atom. The van der Waals surface area contributed by atoms with Gasteiger partial charge in [0.2, 0.25) is 0 Å². The number of fused-ring (bicyclic) bond motifs is 7. The van der Waals surface area contributed by atoms with E-state index in [4.69, 9.17) is 0 Å². The van der Waals surface area contributed by atoms with Crippen molar-refractivity contribution in [2.24, 2.45) is 0 Å². The number of benzene rings is 8. The SMILES string of the molecule is CC1(C)c2ccccc2-c2ccc(CN(c3cccc(-c4ccccc4)c3)c3ccc(-c4ccc5[nH]c6ccccc6c5c4)c4ccccc34)cc21. The van der Waals surface area contributed by atoms with Crippen molar-refractivity contribution in [1.29, 1.82) is 0 Å². The molecule has 10 rings (SSSR count). The molecule has 0 amide bonds. The van der Waals surface area contributed by atoms with Gasteiger partial charge in [-0.25, -0.2) is 0 Å². The number of H-pyrrole nitrogens is 1. The molecule has 1 aliphatic rings. The number of hydrogen-bond donors (Lipinski definition) is 1. The van der Waals surface area contributed by atoms with E-state index in [1.54, 1.807) is 0 Å². The molecule has 0 saturated heterocycles. The van der Waals surface area contributed by atoms with Crippen LogP contribution in [0.15, 0.2) is 176 Å². The van der Waals surface area contributed by atoms with E-state index in [1.807, 2.05) is 0 Å². The Hall–Kier alpha value is -6.38. The molecule has 0 aliphatic heterocycles. The van der Waals surface area contributed by atoms with Crippen LogP contribution in [0.2, 0.25) is 0 Å². The maximum absolute atomic E-state index is 3.59. The van der Waals surface area contributed by atoms with Crippen molar-refractivity contribution in [3.8, 4) is 33.4 Å². The second kappa shape index (κ2) is 11.9. The lowest BCUT2D eigenvalue weighted by Crippen LogP contribution is -2.19. The standard InChI is InChI=1S/C50H38N2/c1-50(2)45-21-10-8-18-40(45)41-25-23-33(29-46(41)50)32-52(37-16-12-15-35(30-37)34-13-4-3-5-14-34)49-28-26-38(39-17-6-7-20-43(39)49)36-24-27-48-44(31-36)42-19-9-11-22-47(42)51-48/h3-31,51H,32H2,1-2H3. The van der Waals surface area contributed by atoms with E-state index < -0.39 is 0 Å². The second-order valence-corrected chi connectivity index (χ2v) is 14.7. The van der Waals surface area contributed by atoms with Gasteiger partial charge in [0.1, 0.15) is 0 Å². The van der Waals surface area contributed by atoms with Crippen molar-refractivity contribution in [3.63, 3.8) is 0 Å². The van der Waals surface area contributed by atoms with E-state index in [-0.39, 0.29) is 5.41 Å². The molecule has 0 fully saturated rings. The highest BCUT2D eigenvalue weighted by atomic mass is 15.1. The Balaban J connectivity index is 1.13. The Kier molecular flexibility index (Phi) is 6.94. The molecule has 1 aliphatic carbocycles. The molecule has 0 bridgehead atoms. The van der Waals surface area contributed by atoms with E-state index in [2.05, 4.69) is 200 Å². The minimum Gasteiger partial charge on any atom is -0.355 e. The van der Waals surface area contributed by atoms with Gasteiger partial charge in [-0.15, -0.1) is 0 Å². The molecule has 0 unspecified atom stereocenters. The Morgan fingerprint density at radius 3 is 2.02 bits per heavy atom. The minimum atomic E-state index is -0.0553. The van der Waals surface area contributed by atoms with E-state index in [9.17, 15) is 0 Å². The predicted octanol–water partition coefficient (Wildman–Crippen LogP) is 13.5. The molecular weight excluding hydrogens is 629 g/mol. The normalized spacial score (nSPS) is 13.0. The first kappa shape index (κ1) is 30.4. The van der Waals surface area contributed by atoms with Gasteiger partial charge in [0.05, 0.1) is 0 Å². The maximum Gasteiger partial charge on any atom is 0.0494 e. The molecule has 0 atom stereocenters. The summed E-state index contributed by atoms with van der Waals surface area (Å²) in [6.45, 7) is 5.47. The van der Waals surface area contributed by atoms with Crippen molar-refractivity contribution in [3.05, 3.63) is 193 Å². The van der Waals surface area contributed by atoms with Crippen molar-refractivity contribution < 1.29 is 0 Å². The third-order valence-electron chi connectivity index (χ3n) is 11.3. The van der Waals surface area contributed by atoms with Gasteiger partial charge in [0.25, 0.3) is 0 Å². The van der Waals surface area contributed by atoms with Crippen LogP contribution in [0.5, 0.6) is 0 Å². The summed E-state index contributed by atoms with van der Waals surface area (Å²) in [6, 6.07) is 64.7. The Bertz CT molecular complexity index is 2800. The molecule has 0 radical (unpaired) electrons. The predicted molar refractivity (Wildman–Crippen MR) is 220 cm³/mol. The first-order valence-electron chi connectivity index (χ1n) is 18.2. The highest BCUT2D eigenvalue weighted by Crippen LogP contribution is 2.49. The Labute approximate surface area is 304 Å². The van der Waals surface area contributed by atoms with Crippen molar-refractivity contribution >= 4 is 44.0 Å². The van der Waals surface area contributed by atoms with Crippen LogP contribution in [0, 0.1) is 0 Å². The molecule has 1 N–H and O–H groups in total. The second-order valence-electron chi connectivity index (χ2n) is 14.7. The highest BCUT2D eigenvalue weighted by Gasteiger charge is 2.35. The summed E-state index contributed by atoms with van der Waals surface area (Å²) >= 11 is 0. The number of aromatic nitrogens is 1. The lowest BCUT2D eigenvalue weighted by molar-refractivity contribution is 0.659. The van der Waals surface area contributed by atoms with Crippen LogP contribution < -0.4 is 4.90 Å². The molecule has 1 aromatic heterocycles. The van der Waals surface area contributed by atoms with Gasteiger partial charge in [-0.05, 0) is 91.9 Å². The fourth-order valence-corrected chi connectivity index (χ4v) is 8.62. The number of nitrogens with zero attached hydrogens (tertiary/aromatic N) is 1. The van der Waals surface area contributed by atoms with Crippen LogP contribution in [0.3, 0.4) is 0 Å². The van der Waals surface area contributed by atoms with Gasteiger partial charge in [0.15, 0.2) is 0 Å². The van der Waals surface area contributed by atoms with Gasteiger partial charge in [0, 0.05) is 50.5 Å². The molecule has 9 aromatic rings. The monoisotopic (exact) mass is 666 g/mol. The van der Waals surface area contributed by atoms with Gasteiger partial charge in [-0.2, -0.15) is 0 Å². The Morgan fingerprint density at radius 1 is 0.442 bits per heavy atom. The summed E-state index contributed by atoms with van der Waals surface area (Å²) in [5, 5.41) is 4.99. The molecule has 2 heteroatoms. The highest BCUT2D eigenvalue weighted by molar-refractivity contribution is 6.11. The van der Waals surface area contributed by atoms with Gasteiger partial charge < -0.3 is 9.88 Å². The quantitative estimate of drug-likeness (QED) is 0.187. The largest absolute Gasteiger partial charge is 0.355 e. The van der Waals surface area contributed by atoms with E-state index in [0.717, 1.165) is 12.1 Å². The smallest absolute Gasteiger partial charge is 0.0494 e. The summed E-state index contributed by atoms with van der Waals surface area (Å²) in [5.74, 6) is 0. The average Bonchev–Trinajstić information content (AvgIpc) is 3.68. The number of aromatic amines is 1. The third kappa shape index (κ3) is 4.86. The van der Waals surface area contributed by atoms with Crippen LogP contribution in [-0.2, 0) is 12.0 Å². The molecule has 2 nitrogen and oxygen atoms in total.